The molecule has 0 saturated carbocycles. The Kier molecular flexibility index (Phi) is 10.2. The Balaban J connectivity index is 1.95. The van der Waals surface area contributed by atoms with Gasteiger partial charge in [0.1, 0.15) is 0 Å². The molecule has 1 heterocycles. The van der Waals surface area contributed by atoms with Crippen LogP contribution < -0.4 is 20.7 Å². The van der Waals surface area contributed by atoms with Crippen LogP contribution in [0.15, 0.2) is 47.6 Å². The molecule has 0 aliphatic carbocycles. The van der Waals surface area contributed by atoms with E-state index in [0.717, 1.165) is 42.9 Å². The molecule has 0 aliphatic heterocycles. The third-order valence-corrected chi connectivity index (χ3v) is 4.46. The van der Waals surface area contributed by atoms with Gasteiger partial charge in [-0.05, 0) is 43.5 Å². The van der Waals surface area contributed by atoms with Crippen LogP contribution in [-0.2, 0) is 13.0 Å². The Bertz CT molecular complexity index is 823. The fourth-order valence-electron chi connectivity index (χ4n) is 2.83. The second-order valence-corrected chi connectivity index (χ2v) is 6.82. The third-order valence-electron chi connectivity index (χ3n) is 4.46. The van der Waals surface area contributed by atoms with Crippen LogP contribution in [0, 0.1) is 0 Å². The smallest absolute Gasteiger partial charge is 0.251 e. The fourth-order valence-corrected chi connectivity index (χ4v) is 2.83. The van der Waals surface area contributed by atoms with Crippen molar-refractivity contribution in [1.29, 1.82) is 0 Å². The molecular weight excluding hydrogens is 378 g/mol. The Hall–Kier alpha value is -3.09. The van der Waals surface area contributed by atoms with Gasteiger partial charge in [0, 0.05) is 37.5 Å². The van der Waals surface area contributed by atoms with Crippen molar-refractivity contribution in [3.8, 4) is 5.88 Å². The van der Waals surface area contributed by atoms with Crippen LogP contribution in [0.1, 0.15) is 48.2 Å². The Labute approximate surface area is 179 Å². The van der Waals surface area contributed by atoms with Gasteiger partial charge in [-0.3, -0.25) is 4.79 Å². The summed E-state index contributed by atoms with van der Waals surface area (Å²) in [5, 5.41) is 9.27. The second kappa shape index (κ2) is 13.2. The van der Waals surface area contributed by atoms with Gasteiger partial charge in [-0.25, -0.2) is 9.98 Å². The zero-order chi connectivity index (χ0) is 21.6. The summed E-state index contributed by atoms with van der Waals surface area (Å²) in [6.07, 6.45) is 4.61. The normalized spacial score (nSPS) is 11.1. The lowest BCUT2D eigenvalue weighted by Gasteiger charge is -2.13. The first-order valence-electron chi connectivity index (χ1n) is 10.6. The first kappa shape index (κ1) is 23.2. The summed E-state index contributed by atoms with van der Waals surface area (Å²) in [7, 11) is 1.64. The molecule has 1 aromatic carbocycles. The van der Waals surface area contributed by atoms with E-state index >= 15 is 0 Å². The summed E-state index contributed by atoms with van der Waals surface area (Å²) in [6, 6.07) is 11.5. The number of ether oxygens (including phenoxy) is 1. The molecule has 0 saturated heterocycles. The molecule has 2 rings (SSSR count). The minimum Gasteiger partial charge on any atom is -0.477 e. The van der Waals surface area contributed by atoms with Crippen LogP contribution in [0.5, 0.6) is 5.88 Å². The average Bonchev–Trinajstić information content (AvgIpc) is 2.78. The number of unbranched alkanes of at least 4 members (excludes halogenated alkanes) is 1. The van der Waals surface area contributed by atoms with Crippen molar-refractivity contribution in [2.75, 3.05) is 26.7 Å². The highest BCUT2D eigenvalue weighted by atomic mass is 16.5. The summed E-state index contributed by atoms with van der Waals surface area (Å²) >= 11 is 0. The summed E-state index contributed by atoms with van der Waals surface area (Å²) in [6.45, 7) is 6.79. The summed E-state index contributed by atoms with van der Waals surface area (Å²) < 4.78 is 5.79. The molecule has 3 N–H and O–H groups in total. The average molecular weight is 412 g/mol. The number of benzene rings is 1. The molecule has 1 amide bonds. The van der Waals surface area contributed by atoms with Crippen LogP contribution in [-0.4, -0.2) is 43.6 Å². The van der Waals surface area contributed by atoms with Gasteiger partial charge in [0.05, 0.1) is 13.2 Å². The summed E-state index contributed by atoms with van der Waals surface area (Å²) in [4.78, 5) is 20.8. The molecule has 0 unspecified atom stereocenters. The maximum absolute atomic E-state index is 11.8. The molecule has 0 fully saturated rings. The van der Waals surface area contributed by atoms with E-state index in [2.05, 4.69) is 32.9 Å². The number of amides is 1. The number of guanidine groups is 1. The van der Waals surface area contributed by atoms with E-state index in [1.54, 1.807) is 13.2 Å². The molecule has 0 aliphatic rings. The predicted octanol–water partition coefficient (Wildman–Crippen LogP) is 2.92. The summed E-state index contributed by atoms with van der Waals surface area (Å²) in [5.41, 5.74) is 2.73. The van der Waals surface area contributed by atoms with Crippen molar-refractivity contribution in [1.82, 2.24) is 20.9 Å². The van der Waals surface area contributed by atoms with E-state index in [-0.39, 0.29) is 5.91 Å². The van der Waals surface area contributed by atoms with E-state index in [1.165, 1.54) is 0 Å². The minimum atomic E-state index is -0.0758. The second-order valence-electron chi connectivity index (χ2n) is 6.82. The first-order valence-corrected chi connectivity index (χ1v) is 10.6. The minimum absolute atomic E-state index is 0.0758. The monoisotopic (exact) mass is 411 g/mol. The number of carbonyl (C=O) groups is 1. The van der Waals surface area contributed by atoms with E-state index in [9.17, 15) is 4.79 Å². The van der Waals surface area contributed by atoms with E-state index in [4.69, 9.17) is 4.74 Å². The molecule has 0 bridgehead atoms. The van der Waals surface area contributed by atoms with Gasteiger partial charge < -0.3 is 20.7 Å². The van der Waals surface area contributed by atoms with Crippen molar-refractivity contribution in [3.05, 3.63) is 59.3 Å². The van der Waals surface area contributed by atoms with E-state index < -0.39 is 0 Å². The highest BCUT2D eigenvalue weighted by Gasteiger charge is 2.06. The maximum atomic E-state index is 11.8. The van der Waals surface area contributed by atoms with Gasteiger partial charge in [0.15, 0.2) is 5.96 Å². The number of aliphatic imine (C=N–C) groups is 1. The zero-order valence-electron chi connectivity index (χ0n) is 18.2. The lowest BCUT2D eigenvalue weighted by Crippen LogP contribution is -2.38. The molecule has 162 valence electrons. The standard InChI is InChI=1S/C23H33N5O2/c1-4-6-15-30-22-20(11-8-13-26-22)17-28-23(25-5-2)27-14-12-18-9-7-10-19(16-18)21(29)24-3/h7-11,13,16H,4-6,12,14-15,17H2,1-3H3,(H,24,29)(H2,25,27,28). The number of rotatable bonds is 11. The molecule has 0 spiro atoms. The van der Waals surface area contributed by atoms with Gasteiger partial charge in [-0.1, -0.05) is 31.5 Å². The van der Waals surface area contributed by atoms with E-state index in [0.29, 0.717) is 31.1 Å². The predicted molar refractivity (Wildman–Crippen MR) is 121 cm³/mol. The summed E-state index contributed by atoms with van der Waals surface area (Å²) in [5.74, 6) is 1.31. The van der Waals surface area contributed by atoms with Crippen molar-refractivity contribution in [2.45, 2.75) is 39.7 Å². The highest BCUT2D eigenvalue weighted by molar-refractivity contribution is 5.94. The Morgan fingerprint density at radius 1 is 1.17 bits per heavy atom. The number of pyridine rings is 1. The van der Waals surface area contributed by atoms with Crippen molar-refractivity contribution in [3.63, 3.8) is 0 Å². The van der Waals surface area contributed by atoms with Gasteiger partial charge >= 0.3 is 0 Å². The quantitative estimate of drug-likeness (QED) is 0.301. The van der Waals surface area contributed by atoms with Crippen LogP contribution in [0.3, 0.4) is 0 Å². The molecule has 1 aromatic heterocycles. The number of nitrogens with one attached hydrogen (secondary N) is 3. The number of nitrogens with zero attached hydrogens (tertiary/aromatic N) is 2. The fraction of sp³-hybridized carbons (Fsp3) is 0.435. The largest absolute Gasteiger partial charge is 0.477 e. The van der Waals surface area contributed by atoms with Gasteiger partial charge in [0.2, 0.25) is 5.88 Å². The number of carbonyl (C=O) groups excluding carboxylic acids is 1. The molecule has 30 heavy (non-hydrogen) atoms. The van der Waals surface area contributed by atoms with Gasteiger partial charge in [0.25, 0.3) is 5.91 Å². The van der Waals surface area contributed by atoms with Crippen molar-refractivity contribution >= 4 is 11.9 Å². The molecule has 0 radical (unpaired) electrons. The zero-order valence-corrected chi connectivity index (χ0v) is 18.2. The lowest BCUT2D eigenvalue weighted by atomic mass is 10.1. The van der Waals surface area contributed by atoms with Gasteiger partial charge in [-0.2, -0.15) is 0 Å². The number of hydrogen-bond donors (Lipinski definition) is 3. The lowest BCUT2D eigenvalue weighted by molar-refractivity contribution is 0.0963. The van der Waals surface area contributed by atoms with Crippen molar-refractivity contribution < 1.29 is 9.53 Å². The molecule has 0 atom stereocenters. The van der Waals surface area contributed by atoms with E-state index in [1.807, 2.05) is 43.3 Å². The van der Waals surface area contributed by atoms with Crippen LogP contribution in [0.2, 0.25) is 0 Å². The SMILES string of the molecule is CCCCOc1ncccc1CN=C(NCC)NCCc1cccc(C(=O)NC)c1. The Morgan fingerprint density at radius 3 is 2.80 bits per heavy atom. The molecule has 7 nitrogen and oxygen atoms in total. The maximum Gasteiger partial charge on any atom is 0.251 e. The van der Waals surface area contributed by atoms with Crippen LogP contribution >= 0.6 is 0 Å². The number of aromatic nitrogens is 1. The topological polar surface area (TPSA) is 87.6 Å². The van der Waals surface area contributed by atoms with Crippen LogP contribution in [0.4, 0.5) is 0 Å². The first-order chi connectivity index (χ1) is 14.7. The molecule has 7 heteroatoms. The molecular formula is C23H33N5O2. The van der Waals surface area contributed by atoms with Crippen LogP contribution in [0.25, 0.3) is 0 Å². The highest BCUT2D eigenvalue weighted by Crippen LogP contribution is 2.15. The number of hydrogen-bond acceptors (Lipinski definition) is 4. The Morgan fingerprint density at radius 2 is 2.03 bits per heavy atom. The third kappa shape index (κ3) is 7.73. The molecule has 2 aromatic rings. The van der Waals surface area contributed by atoms with Crippen molar-refractivity contribution in [2.24, 2.45) is 4.99 Å². The van der Waals surface area contributed by atoms with Gasteiger partial charge in [-0.15, -0.1) is 0 Å².